The van der Waals surface area contributed by atoms with Crippen molar-refractivity contribution in [2.45, 2.75) is 44.6 Å². The summed E-state index contributed by atoms with van der Waals surface area (Å²) < 4.78 is 0. The smallest absolute Gasteiger partial charge is 0.0542 e. The zero-order valence-electron chi connectivity index (χ0n) is 11.9. The molecule has 0 saturated carbocycles. The molecule has 0 bridgehead atoms. The molecule has 0 fully saturated rings. The number of hydrogen-bond acceptors (Lipinski definition) is 2. The van der Waals surface area contributed by atoms with Gasteiger partial charge in [0.1, 0.15) is 0 Å². The van der Waals surface area contributed by atoms with E-state index in [9.17, 15) is 0 Å². The molecule has 108 valence electrons. The van der Waals surface area contributed by atoms with E-state index < -0.39 is 0 Å². The first-order valence-electron chi connectivity index (χ1n) is 6.80. The van der Waals surface area contributed by atoms with Gasteiger partial charge in [0.25, 0.3) is 0 Å². The highest BCUT2D eigenvalue weighted by Gasteiger charge is 2.04. The van der Waals surface area contributed by atoms with E-state index in [0.29, 0.717) is 6.04 Å². The molecule has 19 heavy (non-hydrogen) atoms. The molecule has 1 unspecified atom stereocenters. The Bertz CT molecular complexity index is 382. The van der Waals surface area contributed by atoms with Crippen LogP contribution >= 0.6 is 35.0 Å². The first-order valence-corrected chi connectivity index (χ1v) is 8.54. The predicted octanol–water partition coefficient (Wildman–Crippen LogP) is 5.50. The first kappa shape index (κ1) is 17.2. The lowest BCUT2D eigenvalue weighted by Crippen LogP contribution is -2.28. The van der Waals surface area contributed by atoms with E-state index in [1.807, 2.05) is 18.2 Å². The maximum Gasteiger partial charge on any atom is 0.0542 e. The van der Waals surface area contributed by atoms with E-state index in [2.05, 4.69) is 26.1 Å². The second-order valence-corrected chi connectivity index (χ2v) is 7.23. The highest BCUT2D eigenvalue weighted by molar-refractivity contribution is 7.99. The lowest BCUT2D eigenvalue weighted by Gasteiger charge is -2.15. The van der Waals surface area contributed by atoms with Gasteiger partial charge < -0.3 is 5.32 Å². The molecule has 0 aliphatic rings. The number of nitrogens with one attached hydrogen (secondary N) is 1. The summed E-state index contributed by atoms with van der Waals surface area (Å²) in [7, 11) is 0. The Morgan fingerprint density at radius 3 is 2.58 bits per heavy atom. The summed E-state index contributed by atoms with van der Waals surface area (Å²) in [6, 6.07) is 6.18. The van der Waals surface area contributed by atoms with E-state index in [4.69, 9.17) is 23.2 Å². The maximum absolute atomic E-state index is 6.12. The number of rotatable bonds is 8. The van der Waals surface area contributed by atoms with Crippen molar-refractivity contribution in [2.24, 2.45) is 5.92 Å². The molecule has 0 aliphatic heterocycles. The molecule has 1 aromatic carbocycles. The fourth-order valence-electron chi connectivity index (χ4n) is 1.74. The summed E-state index contributed by atoms with van der Waals surface area (Å²) in [5, 5.41) is 5.07. The Hall–Kier alpha value is 0.110. The van der Waals surface area contributed by atoms with Gasteiger partial charge in [-0.15, -0.1) is 11.8 Å². The van der Waals surface area contributed by atoms with Crippen LogP contribution in [0.4, 0.5) is 0 Å². The number of benzene rings is 1. The Labute approximate surface area is 131 Å². The van der Waals surface area contributed by atoms with E-state index in [0.717, 1.165) is 33.2 Å². The largest absolute Gasteiger partial charge is 0.313 e. The minimum Gasteiger partial charge on any atom is -0.313 e. The molecule has 1 nitrogen and oxygen atoms in total. The van der Waals surface area contributed by atoms with Crippen molar-refractivity contribution >= 4 is 35.0 Å². The van der Waals surface area contributed by atoms with E-state index in [-0.39, 0.29) is 0 Å². The predicted molar refractivity (Wildman–Crippen MR) is 88.7 cm³/mol. The molecular formula is C15H23Cl2NS. The molecule has 0 saturated heterocycles. The zero-order valence-corrected chi connectivity index (χ0v) is 14.2. The van der Waals surface area contributed by atoms with Gasteiger partial charge in [-0.25, -0.2) is 0 Å². The molecule has 1 N–H and O–H groups in total. The van der Waals surface area contributed by atoms with Gasteiger partial charge in [0.15, 0.2) is 0 Å². The van der Waals surface area contributed by atoms with Crippen molar-refractivity contribution in [3.63, 3.8) is 0 Å². The second kappa shape index (κ2) is 9.12. The number of thioether (sulfide) groups is 1. The highest BCUT2D eigenvalue weighted by Crippen LogP contribution is 2.29. The van der Waals surface area contributed by atoms with Crippen LogP contribution in [0.3, 0.4) is 0 Å². The van der Waals surface area contributed by atoms with Crippen LogP contribution < -0.4 is 5.32 Å². The highest BCUT2D eigenvalue weighted by atomic mass is 35.5. The van der Waals surface area contributed by atoms with E-state index >= 15 is 0 Å². The SMILES string of the molecule is CC(C)CCC(C)NCCSc1cc(Cl)ccc1Cl. The molecule has 0 amide bonds. The van der Waals surface area contributed by atoms with Crippen LogP contribution in [-0.2, 0) is 0 Å². The van der Waals surface area contributed by atoms with Gasteiger partial charge in [0, 0.05) is 28.3 Å². The topological polar surface area (TPSA) is 12.0 Å². The summed E-state index contributed by atoms with van der Waals surface area (Å²) in [6.07, 6.45) is 2.52. The van der Waals surface area contributed by atoms with Crippen molar-refractivity contribution in [1.82, 2.24) is 5.32 Å². The summed E-state index contributed by atoms with van der Waals surface area (Å²) >= 11 is 13.8. The Kier molecular flexibility index (Phi) is 8.24. The minimum atomic E-state index is 0.581. The third-order valence-electron chi connectivity index (χ3n) is 2.92. The Balaban J connectivity index is 2.21. The molecule has 1 atom stereocenters. The van der Waals surface area contributed by atoms with Crippen LogP contribution in [-0.4, -0.2) is 18.3 Å². The summed E-state index contributed by atoms with van der Waals surface area (Å²) in [4.78, 5) is 1.06. The average Bonchev–Trinajstić information content (AvgIpc) is 2.36. The lowest BCUT2D eigenvalue weighted by atomic mass is 10.0. The van der Waals surface area contributed by atoms with Crippen molar-refractivity contribution in [3.8, 4) is 0 Å². The minimum absolute atomic E-state index is 0.581. The van der Waals surface area contributed by atoms with Gasteiger partial charge in [-0.05, 0) is 43.9 Å². The standard InChI is InChI=1S/C15H23Cl2NS/c1-11(2)4-5-12(3)18-8-9-19-15-10-13(16)6-7-14(15)17/h6-7,10-12,18H,4-5,8-9H2,1-3H3. The number of halogens is 2. The molecule has 0 aromatic heterocycles. The van der Waals surface area contributed by atoms with Crippen molar-refractivity contribution in [3.05, 3.63) is 28.2 Å². The van der Waals surface area contributed by atoms with Crippen LogP contribution in [0.25, 0.3) is 0 Å². The van der Waals surface area contributed by atoms with Crippen LogP contribution in [0.5, 0.6) is 0 Å². The van der Waals surface area contributed by atoms with Crippen molar-refractivity contribution in [1.29, 1.82) is 0 Å². The van der Waals surface area contributed by atoms with Crippen molar-refractivity contribution < 1.29 is 0 Å². The lowest BCUT2D eigenvalue weighted by molar-refractivity contribution is 0.460. The molecule has 1 aromatic rings. The summed E-state index contributed by atoms with van der Waals surface area (Å²) in [5.41, 5.74) is 0. The Morgan fingerprint density at radius 1 is 1.16 bits per heavy atom. The normalized spacial score (nSPS) is 12.9. The molecule has 4 heteroatoms. The Morgan fingerprint density at radius 2 is 1.89 bits per heavy atom. The van der Waals surface area contributed by atoms with Gasteiger partial charge in [-0.1, -0.05) is 37.0 Å². The van der Waals surface area contributed by atoms with Gasteiger partial charge >= 0.3 is 0 Å². The fraction of sp³-hybridized carbons (Fsp3) is 0.600. The van der Waals surface area contributed by atoms with Gasteiger partial charge in [0.2, 0.25) is 0 Å². The molecule has 0 heterocycles. The molecule has 0 aliphatic carbocycles. The monoisotopic (exact) mass is 319 g/mol. The molecular weight excluding hydrogens is 297 g/mol. The first-order chi connectivity index (χ1) is 8.99. The summed E-state index contributed by atoms with van der Waals surface area (Å²) in [6.45, 7) is 7.78. The van der Waals surface area contributed by atoms with Crippen molar-refractivity contribution in [2.75, 3.05) is 12.3 Å². The molecule has 0 radical (unpaired) electrons. The van der Waals surface area contributed by atoms with Crippen LogP contribution in [0.15, 0.2) is 23.1 Å². The van der Waals surface area contributed by atoms with Gasteiger partial charge in [-0.2, -0.15) is 0 Å². The average molecular weight is 320 g/mol. The quantitative estimate of drug-likeness (QED) is 0.501. The molecule has 1 rings (SSSR count). The maximum atomic E-state index is 6.12. The van der Waals surface area contributed by atoms with E-state index in [1.54, 1.807) is 11.8 Å². The second-order valence-electron chi connectivity index (χ2n) is 5.25. The van der Waals surface area contributed by atoms with E-state index in [1.165, 1.54) is 12.8 Å². The van der Waals surface area contributed by atoms with Crippen LogP contribution in [0.1, 0.15) is 33.6 Å². The van der Waals surface area contributed by atoms with Gasteiger partial charge in [-0.3, -0.25) is 0 Å². The third-order valence-corrected chi connectivity index (χ3v) is 4.66. The number of hydrogen-bond donors (Lipinski definition) is 1. The van der Waals surface area contributed by atoms with Crippen LogP contribution in [0, 0.1) is 5.92 Å². The van der Waals surface area contributed by atoms with Crippen LogP contribution in [0.2, 0.25) is 10.0 Å². The summed E-state index contributed by atoms with van der Waals surface area (Å²) in [5.74, 6) is 1.79. The fourth-order valence-corrected chi connectivity index (χ4v) is 3.11. The zero-order chi connectivity index (χ0) is 14.3. The third kappa shape index (κ3) is 7.45. The van der Waals surface area contributed by atoms with Gasteiger partial charge in [0.05, 0.1) is 5.02 Å². The molecule has 0 spiro atoms.